The molecule has 2 heterocycles. The van der Waals surface area contributed by atoms with Crippen molar-refractivity contribution in [1.29, 1.82) is 0 Å². The maximum atomic E-state index is 12.9. The van der Waals surface area contributed by atoms with E-state index < -0.39 is 0 Å². The molecule has 0 aromatic heterocycles. The predicted molar refractivity (Wildman–Crippen MR) is 113 cm³/mol. The predicted octanol–water partition coefficient (Wildman–Crippen LogP) is 2.56. The van der Waals surface area contributed by atoms with Gasteiger partial charge in [-0.05, 0) is 42.9 Å². The Morgan fingerprint density at radius 2 is 1.72 bits per heavy atom. The summed E-state index contributed by atoms with van der Waals surface area (Å²) in [5.41, 5.74) is 4.86. The molecule has 5 nitrogen and oxygen atoms in total. The molecule has 1 fully saturated rings. The number of piperidine rings is 1. The van der Waals surface area contributed by atoms with E-state index in [9.17, 15) is 9.59 Å². The topological polar surface area (TPSA) is 61.4 Å². The van der Waals surface area contributed by atoms with Gasteiger partial charge >= 0.3 is 0 Å². The van der Waals surface area contributed by atoms with Crippen LogP contribution in [0.25, 0.3) is 0 Å². The molecule has 0 aliphatic carbocycles. The smallest absolute Gasteiger partial charge is 0.240 e. The first-order chi connectivity index (χ1) is 14.1. The van der Waals surface area contributed by atoms with Crippen molar-refractivity contribution < 1.29 is 9.59 Å². The Hall–Kier alpha value is -2.66. The number of nitrogens with one attached hydrogen (secondary N) is 2. The van der Waals surface area contributed by atoms with Crippen LogP contribution in [0, 0.1) is 12.8 Å². The van der Waals surface area contributed by atoms with Crippen molar-refractivity contribution >= 4 is 11.8 Å². The number of likely N-dealkylation sites (tertiary alicyclic amines) is 1. The van der Waals surface area contributed by atoms with Crippen LogP contribution in [0.1, 0.15) is 35.1 Å². The number of carbonyl (C=O) groups is 2. The van der Waals surface area contributed by atoms with Crippen molar-refractivity contribution in [3.63, 3.8) is 0 Å². The molecule has 29 heavy (non-hydrogen) atoms. The lowest BCUT2D eigenvalue weighted by molar-refractivity contribution is -0.137. The summed E-state index contributed by atoms with van der Waals surface area (Å²) in [6.45, 7) is 4.66. The second-order valence-electron chi connectivity index (χ2n) is 8.21. The third kappa shape index (κ3) is 4.67. The average Bonchev–Trinajstić information content (AvgIpc) is 2.78. The summed E-state index contributed by atoms with van der Waals surface area (Å²) in [7, 11) is 0. The number of aryl methyl sites for hydroxylation is 1. The highest BCUT2D eigenvalue weighted by Gasteiger charge is 2.32. The van der Waals surface area contributed by atoms with Gasteiger partial charge in [-0.2, -0.15) is 0 Å². The number of nitrogens with zero attached hydrogens (tertiary/aromatic N) is 1. The highest BCUT2D eigenvalue weighted by atomic mass is 16.2. The second-order valence-corrected chi connectivity index (χ2v) is 8.21. The van der Waals surface area contributed by atoms with Gasteiger partial charge in [-0.15, -0.1) is 0 Å². The van der Waals surface area contributed by atoms with E-state index in [4.69, 9.17) is 0 Å². The maximum absolute atomic E-state index is 12.9. The van der Waals surface area contributed by atoms with E-state index in [1.54, 1.807) is 0 Å². The summed E-state index contributed by atoms with van der Waals surface area (Å²) in [4.78, 5) is 27.4. The molecule has 2 aromatic carbocycles. The molecule has 2 N–H and O–H groups in total. The summed E-state index contributed by atoms with van der Waals surface area (Å²) in [6.07, 6.45) is 2.20. The van der Waals surface area contributed by atoms with E-state index in [2.05, 4.69) is 41.8 Å². The average molecular weight is 392 g/mol. The van der Waals surface area contributed by atoms with Crippen molar-refractivity contribution in [2.75, 3.05) is 13.1 Å². The standard InChI is InChI=1S/C24H29N3O2/c1-17-6-8-18(9-7-17)15-26-23(28)19-10-12-27(13-11-19)24(29)22-14-20-4-2-3-5-21(20)16-25-22/h2-9,19,22,25H,10-16H2,1H3,(H,26,28). The van der Waals surface area contributed by atoms with E-state index in [0.29, 0.717) is 19.6 Å². The van der Waals surface area contributed by atoms with Gasteiger partial charge in [0, 0.05) is 32.1 Å². The zero-order valence-electron chi connectivity index (χ0n) is 17.0. The molecule has 2 aliphatic rings. The molecule has 0 bridgehead atoms. The number of fused-ring (bicyclic) bond motifs is 1. The number of benzene rings is 2. The van der Waals surface area contributed by atoms with Crippen molar-refractivity contribution in [2.45, 2.75) is 45.3 Å². The molecule has 1 unspecified atom stereocenters. The number of hydrogen-bond donors (Lipinski definition) is 2. The Kier molecular flexibility index (Phi) is 5.95. The largest absolute Gasteiger partial charge is 0.352 e. The van der Waals surface area contributed by atoms with Crippen LogP contribution in [0.3, 0.4) is 0 Å². The lowest BCUT2D eigenvalue weighted by atomic mass is 9.92. The zero-order valence-corrected chi connectivity index (χ0v) is 17.0. The fraction of sp³-hybridized carbons (Fsp3) is 0.417. The van der Waals surface area contributed by atoms with E-state index in [1.807, 2.05) is 29.2 Å². The van der Waals surface area contributed by atoms with Gasteiger partial charge in [-0.1, -0.05) is 54.1 Å². The van der Waals surface area contributed by atoms with Gasteiger partial charge in [0.15, 0.2) is 0 Å². The lowest BCUT2D eigenvalue weighted by Crippen LogP contribution is -2.52. The minimum Gasteiger partial charge on any atom is -0.352 e. The van der Waals surface area contributed by atoms with Crippen LogP contribution in [-0.2, 0) is 29.1 Å². The Labute approximate surface area is 172 Å². The minimum absolute atomic E-state index is 0.00969. The van der Waals surface area contributed by atoms with Gasteiger partial charge in [0.1, 0.15) is 0 Å². The molecule has 2 aromatic rings. The van der Waals surface area contributed by atoms with Crippen molar-refractivity contribution in [3.8, 4) is 0 Å². The molecule has 2 aliphatic heterocycles. The van der Waals surface area contributed by atoms with Crippen LogP contribution >= 0.6 is 0 Å². The first-order valence-electron chi connectivity index (χ1n) is 10.5. The zero-order chi connectivity index (χ0) is 20.2. The fourth-order valence-electron chi connectivity index (χ4n) is 4.25. The number of hydrogen-bond acceptors (Lipinski definition) is 3. The number of amides is 2. The summed E-state index contributed by atoms with van der Waals surface area (Å²) < 4.78 is 0. The molecule has 1 atom stereocenters. The Morgan fingerprint density at radius 1 is 1.03 bits per heavy atom. The van der Waals surface area contributed by atoms with E-state index in [1.165, 1.54) is 16.7 Å². The van der Waals surface area contributed by atoms with Crippen LogP contribution in [0.2, 0.25) is 0 Å². The first-order valence-corrected chi connectivity index (χ1v) is 10.5. The van der Waals surface area contributed by atoms with Crippen LogP contribution in [0.5, 0.6) is 0 Å². The first kappa shape index (κ1) is 19.6. The Bertz CT molecular complexity index is 870. The van der Waals surface area contributed by atoms with Gasteiger partial charge in [-0.25, -0.2) is 0 Å². The molecule has 1 saturated heterocycles. The number of carbonyl (C=O) groups excluding carboxylic acids is 2. The SMILES string of the molecule is Cc1ccc(CNC(=O)C2CCN(C(=O)C3Cc4ccccc4CN3)CC2)cc1. The minimum atomic E-state index is -0.156. The van der Waals surface area contributed by atoms with Gasteiger partial charge in [0.25, 0.3) is 0 Å². The quantitative estimate of drug-likeness (QED) is 0.842. The van der Waals surface area contributed by atoms with Gasteiger partial charge < -0.3 is 15.5 Å². The van der Waals surface area contributed by atoms with E-state index >= 15 is 0 Å². The van der Waals surface area contributed by atoms with Crippen molar-refractivity contribution in [2.24, 2.45) is 5.92 Å². The second kappa shape index (κ2) is 8.78. The highest BCUT2D eigenvalue weighted by molar-refractivity contribution is 5.83. The van der Waals surface area contributed by atoms with Gasteiger partial charge in [0.2, 0.25) is 11.8 Å². The molecule has 2 amide bonds. The molecule has 0 spiro atoms. The fourth-order valence-corrected chi connectivity index (χ4v) is 4.25. The van der Waals surface area contributed by atoms with Crippen molar-refractivity contribution in [1.82, 2.24) is 15.5 Å². The summed E-state index contributed by atoms with van der Waals surface area (Å²) in [6, 6.07) is 16.4. The van der Waals surface area contributed by atoms with Crippen LogP contribution in [0.4, 0.5) is 0 Å². The molecular formula is C24H29N3O2. The summed E-state index contributed by atoms with van der Waals surface area (Å²) in [5, 5.41) is 6.43. The maximum Gasteiger partial charge on any atom is 0.240 e. The van der Waals surface area contributed by atoms with Crippen LogP contribution < -0.4 is 10.6 Å². The van der Waals surface area contributed by atoms with E-state index in [-0.39, 0.29) is 23.8 Å². The molecule has 0 saturated carbocycles. The Balaban J connectivity index is 1.25. The summed E-state index contributed by atoms with van der Waals surface area (Å²) in [5.74, 6) is 0.255. The normalized spacial score (nSPS) is 19.5. The van der Waals surface area contributed by atoms with Crippen LogP contribution in [0.15, 0.2) is 48.5 Å². The van der Waals surface area contributed by atoms with E-state index in [0.717, 1.165) is 31.4 Å². The molecule has 5 heteroatoms. The molecule has 152 valence electrons. The molecule has 0 radical (unpaired) electrons. The Morgan fingerprint density at radius 3 is 2.45 bits per heavy atom. The van der Waals surface area contributed by atoms with Crippen LogP contribution in [-0.4, -0.2) is 35.8 Å². The molecular weight excluding hydrogens is 362 g/mol. The van der Waals surface area contributed by atoms with Gasteiger partial charge in [-0.3, -0.25) is 9.59 Å². The lowest BCUT2D eigenvalue weighted by Gasteiger charge is -2.35. The molecule has 4 rings (SSSR count). The van der Waals surface area contributed by atoms with Crippen molar-refractivity contribution in [3.05, 3.63) is 70.8 Å². The third-order valence-corrected chi connectivity index (χ3v) is 6.14. The number of rotatable bonds is 4. The highest BCUT2D eigenvalue weighted by Crippen LogP contribution is 2.21. The monoisotopic (exact) mass is 391 g/mol. The third-order valence-electron chi connectivity index (χ3n) is 6.14. The summed E-state index contributed by atoms with van der Waals surface area (Å²) >= 11 is 0. The van der Waals surface area contributed by atoms with Gasteiger partial charge in [0.05, 0.1) is 6.04 Å².